The molecule has 10 heavy (non-hydrogen) atoms. The summed E-state index contributed by atoms with van der Waals surface area (Å²) in [5.41, 5.74) is 0. The SMILES string of the molecule is [Si].c1ccc2sccc2c1. The Morgan fingerprint density at radius 1 is 1.00 bits per heavy atom. The van der Waals surface area contributed by atoms with Crippen LogP contribution < -0.4 is 0 Å². The van der Waals surface area contributed by atoms with Gasteiger partial charge in [0, 0.05) is 15.7 Å². The lowest BCUT2D eigenvalue weighted by Gasteiger charge is -1.82. The van der Waals surface area contributed by atoms with Crippen molar-refractivity contribution in [3.05, 3.63) is 35.7 Å². The summed E-state index contributed by atoms with van der Waals surface area (Å²) >= 11 is 1.79. The molecule has 1 heterocycles. The molecule has 0 aliphatic rings. The maximum Gasteiger partial charge on any atom is 0.0342 e. The van der Waals surface area contributed by atoms with Crippen LogP contribution in [0.15, 0.2) is 35.7 Å². The lowest BCUT2D eigenvalue weighted by atomic mass is 10.3. The molecular formula is C8H6SSi. The normalized spacial score (nSPS) is 9.20. The van der Waals surface area contributed by atoms with E-state index in [4.69, 9.17) is 0 Å². The van der Waals surface area contributed by atoms with Crippen LogP contribution in [0.4, 0.5) is 0 Å². The molecule has 0 atom stereocenters. The van der Waals surface area contributed by atoms with Crippen LogP contribution in [0.5, 0.6) is 0 Å². The lowest BCUT2D eigenvalue weighted by molar-refractivity contribution is 1.86. The molecule has 0 N–H and O–H groups in total. The van der Waals surface area contributed by atoms with E-state index in [0.29, 0.717) is 0 Å². The van der Waals surface area contributed by atoms with E-state index >= 15 is 0 Å². The molecule has 1 aromatic carbocycles. The summed E-state index contributed by atoms with van der Waals surface area (Å²) in [6.45, 7) is 0. The highest BCUT2D eigenvalue weighted by molar-refractivity contribution is 7.17. The van der Waals surface area contributed by atoms with E-state index in [0.717, 1.165) is 0 Å². The third-order valence-electron chi connectivity index (χ3n) is 1.36. The quantitative estimate of drug-likeness (QED) is 0.522. The summed E-state index contributed by atoms with van der Waals surface area (Å²) in [5, 5.41) is 3.47. The van der Waals surface area contributed by atoms with Gasteiger partial charge in [0.1, 0.15) is 0 Å². The van der Waals surface area contributed by atoms with Gasteiger partial charge in [-0.2, -0.15) is 0 Å². The van der Waals surface area contributed by atoms with Crippen molar-refractivity contribution in [3.8, 4) is 0 Å². The minimum atomic E-state index is 0. The van der Waals surface area contributed by atoms with Crippen LogP contribution in [0.25, 0.3) is 10.1 Å². The largest absolute Gasteiger partial charge is 0.144 e. The molecule has 0 aliphatic carbocycles. The number of benzene rings is 1. The average Bonchev–Trinajstić information content (AvgIpc) is 2.33. The Labute approximate surface area is 68.5 Å². The molecule has 4 radical (unpaired) electrons. The predicted octanol–water partition coefficient (Wildman–Crippen LogP) is 2.52. The van der Waals surface area contributed by atoms with Gasteiger partial charge in [-0.25, -0.2) is 0 Å². The smallest absolute Gasteiger partial charge is 0.0342 e. The Balaban J connectivity index is 0.000000500. The Kier molecular flexibility index (Phi) is 2.24. The third kappa shape index (κ3) is 1.13. The number of hydrogen-bond acceptors (Lipinski definition) is 1. The second-order valence-corrected chi connectivity index (χ2v) is 2.91. The van der Waals surface area contributed by atoms with E-state index in [-0.39, 0.29) is 11.0 Å². The Bertz CT molecular complexity index is 283. The van der Waals surface area contributed by atoms with Crippen molar-refractivity contribution >= 4 is 32.4 Å². The zero-order valence-electron chi connectivity index (χ0n) is 5.37. The maximum absolute atomic E-state index is 2.14. The summed E-state index contributed by atoms with van der Waals surface area (Å²) < 4.78 is 1.37. The molecule has 1 aromatic heterocycles. The first-order valence-electron chi connectivity index (χ1n) is 2.89. The highest BCUT2D eigenvalue weighted by Crippen LogP contribution is 2.18. The van der Waals surface area contributed by atoms with Gasteiger partial charge >= 0.3 is 0 Å². The van der Waals surface area contributed by atoms with Gasteiger partial charge in [0.2, 0.25) is 0 Å². The molecule has 0 spiro atoms. The van der Waals surface area contributed by atoms with Crippen LogP contribution in [0.3, 0.4) is 0 Å². The average molecular weight is 162 g/mol. The minimum absolute atomic E-state index is 0. The van der Waals surface area contributed by atoms with Crippen LogP contribution in [-0.2, 0) is 0 Å². The summed E-state index contributed by atoms with van der Waals surface area (Å²) in [6, 6.07) is 10.5. The van der Waals surface area contributed by atoms with Crippen molar-refractivity contribution in [1.82, 2.24) is 0 Å². The molecular weight excluding hydrogens is 156 g/mol. The van der Waals surface area contributed by atoms with E-state index in [1.165, 1.54) is 10.1 Å². The van der Waals surface area contributed by atoms with Crippen LogP contribution in [0.1, 0.15) is 0 Å². The van der Waals surface area contributed by atoms with E-state index in [2.05, 4.69) is 35.7 Å². The number of thiophene rings is 1. The first-order valence-corrected chi connectivity index (χ1v) is 3.77. The van der Waals surface area contributed by atoms with Crippen molar-refractivity contribution in [2.45, 2.75) is 0 Å². The highest BCUT2D eigenvalue weighted by atomic mass is 32.1. The first kappa shape index (κ1) is 7.50. The van der Waals surface area contributed by atoms with Gasteiger partial charge in [0.05, 0.1) is 0 Å². The number of rotatable bonds is 0. The molecule has 0 unspecified atom stereocenters. The summed E-state index contributed by atoms with van der Waals surface area (Å²) in [5.74, 6) is 0. The van der Waals surface area contributed by atoms with Crippen molar-refractivity contribution < 1.29 is 0 Å². The molecule has 0 saturated carbocycles. The van der Waals surface area contributed by atoms with Gasteiger partial charge < -0.3 is 0 Å². The molecule has 2 aromatic rings. The predicted molar refractivity (Wildman–Crippen MR) is 47.6 cm³/mol. The van der Waals surface area contributed by atoms with Crippen molar-refractivity contribution in [1.29, 1.82) is 0 Å². The highest BCUT2D eigenvalue weighted by Gasteiger charge is 1.87. The molecule has 2 rings (SSSR count). The molecule has 2 heteroatoms. The Morgan fingerprint density at radius 2 is 1.80 bits per heavy atom. The van der Waals surface area contributed by atoms with E-state index in [1.54, 1.807) is 11.3 Å². The molecule has 0 fully saturated rings. The van der Waals surface area contributed by atoms with E-state index in [1.807, 2.05) is 0 Å². The molecule has 48 valence electrons. The zero-order chi connectivity index (χ0) is 6.10. The van der Waals surface area contributed by atoms with Crippen LogP contribution in [-0.4, -0.2) is 11.0 Å². The van der Waals surface area contributed by atoms with Crippen LogP contribution in [0, 0.1) is 0 Å². The van der Waals surface area contributed by atoms with Gasteiger partial charge in [0.25, 0.3) is 0 Å². The number of hydrogen-bond donors (Lipinski definition) is 0. The number of fused-ring (bicyclic) bond motifs is 1. The van der Waals surface area contributed by atoms with Gasteiger partial charge in [-0.05, 0) is 22.9 Å². The summed E-state index contributed by atoms with van der Waals surface area (Å²) in [4.78, 5) is 0. The molecule has 0 bridgehead atoms. The Hall–Kier alpha value is -0.603. The standard InChI is InChI=1S/C8H6S.Si/c1-2-4-8-7(3-1)5-6-9-8;/h1-6H;. The van der Waals surface area contributed by atoms with Gasteiger partial charge in [-0.15, -0.1) is 11.3 Å². The summed E-state index contributed by atoms with van der Waals surface area (Å²) in [6.07, 6.45) is 0. The van der Waals surface area contributed by atoms with E-state index in [9.17, 15) is 0 Å². The van der Waals surface area contributed by atoms with Crippen LogP contribution in [0.2, 0.25) is 0 Å². The molecule has 0 saturated heterocycles. The van der Waals surface area contributed by atoms with Crippen molar-refractivity contribution in [3.63, 3.8) is 0 Å². The third-order valence-corrected chi connectivity index (χ3v) is 2.26. The summed E-state index contributed by atoms with van der Waals surface area (Å²) in [7, 11) is 0. The van der Waals surface area contributed by atoms with E-state index < -0.39 is 0 Å². The fourth-order valence-electron chi connectivity index (χ4n) is 0.906. The lowest BCUT2D eigenvalue weighted by Crippen LogP contribution is -1.56. The molecule has 0 nitrogen and oxygen atoms in total. The second-order valence-electron chi connectivity index (χ2n) is 1.96. The van der Waals surface area contributed by atoms with Gasteiger partial charge in [-0.1, -0.05) is 18.2 Å². The fourth-order valence-corrected chi connectivity index (χ4v) is 1.70. The van der Waals surface area contributed by atoms with Crippen LogP contribution >= 0.6 is 11.3 Å². The maximum atomic E-state index is 2.14. The monoisotopic (exact) mass is 162 g/mol. The molecule has 0 aliphatic heterocycles. The topological polar surface area (TPSA) is 0 Å². The van der Waals surface area contributed by atoms with Crippen molar-refractivity contribution in [2.24, 2.45) is 0 Å². The fraction of sp³-hybridized carbons (Fsp3) is 0. The zero-order valence-corrected chi connectivity index (χ0v) is 7.19. The Morgan fingerprint density at radius 3 is 2.60 bits per heavy atom. The second kappa shape index (κ2) is 2.99. The van der Waals surface area contributed by atoms with Gasteiger partial charge in [0.15, 0.2) is 0 Å². The van der Waals surface area contributed by atoms with Crippen molar-refractivity contribution in [2.75, 3.05) is 0 Å². The van der Waals surface area contributed by atoms with Gasteiger partial charge in [-0.3, -0.25) is 0 Å². The first-order chi connectivity index (χ1) is 4.47. The molecule has 0 amide bonds. The minimum Gasteiger partial charge on any atom is -0.144 e.